The Morgan fingerprint density at radius 3 is 2.30 bits per heavy atom. The highest BCUT2D eigenvalue weighted by molar-refractivity contribution is 5.80. The number of hydrogen-bond donors (Lipinski definition) is 1. The average molecular weight is 313 g/mol. The maximum absolute atomic E-state index is 12.9. The lowest BCUT2D eigenvalue weighted by Gasteiger charge is -2.56. The van der Waals surface area contributed by atoms with Gasteiger partial charge in [0, 0.05) is 12.5 Å². The number of hydrogen-bond acceptors (Lipinski definition) is 1. The van der Waals surface area contributed by atoms with Crippen LogP contribution in [0.15, 0.2) is 11.6 Å². The highest BCUT2D eigenvalue weighted by Gasteiger charge is 2.52. The number of amides is 1. The largest absolute Gasteiger partial charge is 0.352 e. The first-order valence-electron chi connectivity index (χ1n) is 9.99. The van der Waals surface area contributed by atoms with Gasteiger partial charge in [0.1, 0.15) is 0 Å². The summed E-state index contributed by atoms with van der Waals surface area (Å²) in [6.07, 6.45) is 11.8. The Balaban J connectivity index is 1.24. The van der Waals surface area contributed by atoms with E-state index in [9.17, 15) is 4.79 Å². The summed E-state index contributed by atoms with van der Waals surface area (Å²) in [5, 5.41) is 3.37. The first kappa shape index (κ1) is 14.5. The maximum Gasteiger partial charge on any atom is 0.223 e. The second kappa shape index (κ2) is 4.86. The zero-order chi connectivity index (χ0) is 15.8. The molecular weight excluding hydrogens is 282 g/mol. The molecule has 126 valence electrons. The van der Waals surface area contributed by atoms with E-state index < -0.39 is 0 Å². The van der Waals surface area contributed by atoms with Crippen molar-refractivity contribution in [3.63, 3.8) is 0 Å². The molecule has 23 heavy (non-hydrogen) atoms. The van der Waals surface area contributed by atoms with E-state index in [-0.39, 0.29) is 0 Å². The summed E-state index contributed by atoms with van der Waals surface area (Å²) >= 11 is 0. The number of carbonyl (C=O) groups excluding carboxylic acids is 1. The minimum Gasteiger partial charge on any atom is -0.352 e. The Morgan fingerprint density at radius 1 is 1.09 bits per heavy atom. The van der Waals surface area contributed by atoms with Crippen molar-refractivity contribution in [2.75, 3.05) is 6.54 Å². The molecule has 6 bridgehead atoms. The Bertz CT molecular complexity index is 532. The second-order valence-corrected chi connectivity index (χ2v) is 10.00. The molecule has 2 heteroatoms. The molecule has 0 aliphatic heterocycles. The van der Waals surface area contributed by atoms with Gasteiger partial charge in [0.15, 0.2) is 0 Å². The van der Waals surface area contributed by atoms with Gasteiger partial charge in [0.05, 0.1) is 0 Å². The predicted octanol–water partition coefficient (Wildman–Crippen LogP) is 4.17. The van der Waals surface area contributed by atoms with Gasteiger partial charge in [-0.05, 0) is 85.9 Å². The topological polar surface area (TPSA) is 29.1 Å². The Kier molecular flexibility index (Phi) is 3.07. The Labute approximate surface area is 140 Å². The van der Waals surface area contributed by atoms with Crippen molar-refractivity contribution in [2.24, 2.45) is 46.8 Å². The van der Waals surface area contributed by atoms with E-state index in [0.29, 0.717) is 29.1 Å². The molecule has 2 atom stereocenters. The highest BCUT2D eigenvalue weighted by atomic mass is 16.1. The number of carbonyl (C=O) groups is 1. The van der Waals surface area contributed by atoms with Crippen molar-refractivity contribution in [3.05, 3.63) is 11.6 Å². The number of nitrogens with one attached hydrogen (secondary N) is 1. The summed E-state index contributed by atoms with van der Waals surface area (Å²) in [6.45, 7) is 5.65. The minimum absolute atomic E-state index is 0.342. The van der Waals surface area contributed by atoms with E-state index in [4.69, 9.17) is 0 Å². The van der Waals surface area contributed by atoms with Crippen LogP contribution in [-0.4, -0.2) is 12.5 Å². The van der Waals surface area contributed by atoms with Gasteiger partial charge < -0.3 is 5.32 Å². The summed E-state index contributed by atoms with van der Waals surface area (Å²) in [5.74, 6) is 5.65. The molecule has 2 nitrogen and oxygen atoms in total. The van der Waals surface area contributed by atoms with Gasteiger partial charge in [-0.3, -0.25) is 4.79 Å². The lowest BCUT2D eigenvalue weighted by Crippen LogP contribution is -2.53. The van der Waals surface area contributed by atoms with E-state index in [2.05, 4.69) is 25.2 Å². The monoisotopic (exact) mass is 313 g/mol. The molecule has 0 saturated heterocycles. The van der Waals surface area contributed by atoms with Crippen LogP contribution in [0.5, 0.6) is 0 Å². The van der Waals surface area contributed by atoms with Crippen LogP contribution >= 0.6 is 0 Å². The Morgan fingerprint density at radius 2 is 1.74 bits per heavy atom. The van der Waals surface area contributed by atoms with Crippen molar-refractivity contribution in [1.82, 2.24) is 5.32 Å². The molecule has 5 fully saturated rings. The van der Waals surface area contributed by atoms with Crippen molar-refractivity contribution in [2.45, 2.75) is 58.8 Å². The Hall–Kier alpha value is -0.790. The summed E-state index contributed by atoms with van der Waals surface area (Å²) in [5.41, 5.74) is 1.99. The smallest absolute Gasteiger partial charge is 0.223 e. The first-order chi connectivity index (χ1) is 11.0. The van der Waals surface area contributed by atoms with Crippen LogP contribution in [0.25, 0.3) is 0 Å². The van der Waals surface area contributed by atoms with E-state index in [1.165, 1.54) is 50.5 Å². The van der Waals surface area contributed by atoms with E-state index in [0.717, 1.165) is 30.2 Å². The lowest BCUT2D eigenvalue weighted by molar-refractivity contribution is -0.138. The van der Waals surface area contributed by atoms with Crippen LogP contribution in [0.4, 0.5) is 0 Å². The number of rotatable bonds is 3. The third-order valence-corrected chi connectivity index (χ3v) is 8.58. The maximum atomic E-state index is 12.9. The van der Waals surface area contributed by atoms with Gasteiger partial charge in [0.2, 0.25) is 5.91 Å². The molecule has 7 aliphatic carbocycles. The van der Waals surface area contributed by atoms with Crippen LogP contribution < -0.4 is 5.32 Å². The number of fused-ring (bicyclic) bond motifs is 1. The lowest BCUT2D eigenvalue weighted by atomic mass is 9.49. The van der Waals surface area contributed by atoms with Crippen LogP contribution in [0.2, 0.25) is 0 Å². The molecule has 0 unspecified atom stereocenters. The summed E-state index contributed by atoms with van der Waals surface area (Å²) in [6, 6.07) is 0. The van der Waals surface area contributed by atoms with Gasteiger partial charge in [-0.2, -0.15) is 0 Å². The van der Waals surface area contributed by atoms with Gasteiger partial charge in [-0.15, -0.1) is 0 Å². The molecule has 0 aromatic rings. The molecule has 0 radical (unpaired) electrons. The quantitative estimate of drug-likeness (QED) is 0.779. The zero-order valence-electron chi connectivity index (χ0n) is 14.7. The first-order valence-corrected chi connectivity index (χ1v) is 9.99. The minimum atomic E-state index is 0.342. The molecule has 7 aliphatic rings. The summed E-state index contributed by atoms with van der Waals surface area (Å²) in [4.78, 5) is 12.9. The molecule has 5 saturated carbocycles. The van der Waals surface area contributed by atoms with Crippen molar-refractivity contribution >= 4 is 5.91 Å². The van der Waals surface area contributed by atoms with E-state index in [1.54, 1.807) is 0 Å². The average Bonchev–Trinajstić information content (AvgIpc) is 2.52. The van der Waals surface area contributed by atoms with Crippen molar-refractivity contribution in [1.29, 1.82) is 0 Å². The third-order valence-electron chi connectivity index (χ3n) is 8.58. The molecule has 7 rings (SSSR count). The van der Waals surface area contributed by atoms with Crippen LogP contribution in [-0.2, 0) is 4.79 Å². The molecule has 0 aromatic heterocycles. The normalized spacial score (nSPS) is 48.6. The molecule has 0 heterocycles. The third kappa shape index (κ3) is 2.09. The van der Waals surface area contributed by atoms with Crippen molar-refractivity contribution in [3.8, 4) is 0 Å². The SMILES string of the molecule is CC1(C)[C@H]2CC=C(CNC(=O)C3C4CC5CC(C4)CC3C5)[C@@H]1C2. The van der Waals surface area contributed by atoms with Gasteiger partial charge in [-0.1, -0.05) is 25.5 Å². The van der Waals surface area contributed by atoms with Crippen LogP contribution in [0.1, 0.15) is 58.8 Å². The predicted molar refractivity (Wildman–Crippen MR) is 91.6 cm³/mol. The molecule has 1 amide bonds. The van der Waals surface area contributed by atoms with Gasteiger partial charge in [-0.25, -0.2) is 0 Å². The highest BCUT2D eigenvalue weighted by Crippen LogP contribution is 2.59. The van der Waals surface area contributed by atoms with Gasteiger partial charge in [0.25, 0.3) is 0 Å². The fourth-order valence-corrected chi connectivity index (χ4v) is 7.34. The van der Waals surface area contributed by atoms with Crippen molar-refractivity contribution < 1.29 is 4.79 Å². The fraction of sp³-hybridized carbons (Fsp3) is 0.857. The molecule has 0 aromatic carbocycles. The van der Waals surface area contributed by atoms with Crippen LogP contribution in [0, 0.1) is 46.8 Å². The fourth-order valence-electron chi connectivity index (χ4n) is 7.34. The zero-order valence-corrected chi connectivity index (χ0v) is 14.7. The molecule has 1 N–H and O–H groups in total. The van der Waals surface area contributed by atoms with E-state index >= 15 is 0 Å². The number of allylic oxidation sites excluding steroid dienone is 1. The molecule has 0 spiro atoms. The second-order valence-electron chi connectivity index (χ2n) is 10.00. The van der Waals surface area contributed by atoms with Gasteiger partial charge >= 0.3 is 0 Å². The van der Waals surface area contributed by atoms with Crippen LogP contribution in [0.3, 0.4) is 0 Å². The van der Waals surface area contributed by atoms with E-state index in [1.807, 2.05) is 0 Å². The standard InChI is InChI=1S/C21H31NO/c1-21(2)17-4-3-14(18(21)10-17)11-22-20(23)19-15-6-12-5-13(8-15)9-16(19)7-12/h3,12-13,15-19H,4-11H2,1-2H3,(H,22,23)/t12?,13?,15?,16?,17-,18-,19?/m0/s1. The summed E-state index contributed by atoms with van der Waals surface area (Å²) in [7, 11) is 0. The molecular formula is C21H31NO. The summed E-state index contributed by atoms with van der Waals surface area (Å²) < 4.78 is 0.